The summed E-state index contributed by atoms with van der Waals surface area (Å²) in [6.45, 7) is 1.34. The van der Waals surface area contributed by atoms with Crippen LogP contribution in [0.4, 0.5) is 13.2 Å². The number of aryl methyl sites for hydroxylation is 1. The normalized spacial score (nSPS) is 20.1. The van der Waals surface area contributed by atoms with Gasteiger partial charge in [-0.15, -0.1) is 20.4 Å². The molecule has 3 rings (SSSR count). The molecule has 0 saturated carbocycles. The second kappa shape index (κ2) is 6.26. The van der Waals surface area contributed by atoms with E-state index in [0.717, 1.165) is 31.6 Å². The third-order valence-electron chi connectivity index (χ3n) is 3.88. The van der Waals surface area contributed by atoms with Crippen LogP contribution in [0.1, 0.15) is 42.9 Å². The number of piperidine rings is 1. The van der Waals surface area contributed by atoms with Gasteiger partial charge in [-0.2, -0.15) is 13.2 Å². The number of hydrogen-bond acceptors (Lipinski definition) is 6. The van der Waals surface area contributed by atoms with Gasteiger partial charge in [-0.25, -0.2) is 0 Å². The number of hydrogen-bond donors (Lipinski definition) is 0. The van der Waals surface area contributed by atoms with E-state index >= 15 is 0 Å². The minimum absolute atomic E-state index is 0.185. The summed E-state index contributed by atoms with van der Waals surface area (Å²) in [6, 6.07) is -0.185. The van der Waals surface area contributed by atoms with Gasteiger partial charge < -0.3 is 8.98 Å². The highest BCUT2D eigenvalue weighted by Crippen LogP contribution is 2.32. The van der Waals surface area contributed by atoms with Crippen molar-refractivity contribution in [3.8, 4) is 0 Å². The smallest absolute Gasteiger partial charge is 0.397 e. The van der Waals surface area contributed by atoms with Gasteiger partial charge in [0.2, 0.25) is 11.8 Å². The zero-order valence-corrected chi connectivity index (χ0v) is 12.6. The summed E-state index contributed by atoms with van der Waals surface area (Å²) in [5, 5.41) is 15.2. The molecule has 0 N–H and O–H groups in total. The molecule has 23 heavy (non-hydrogen) atoms. The van der Waals surface area contributed by atoms with Crippen molar-refractivity contribution < 1.29 is 17.6 Å². The standard InChI is InChI=1S/C13H17F3N6O/c1-21-8-17-18-10(21)7-22-5-3-2-4-9(22)12-20-19-11(23-12)6-13(14,15)16/h8-9H,2-7H2,1H3/t9-/m0/s1. The molecular weight excluding hydrogens is 313 g/mol. The molecule has 7 nitrogen and oxygen atoms in total. The van der Waals surface area contributed by atoms with Gasteiger partial charge in [-0.3, -0.25) is 4.90 Å². The molecule has 1 saturated heterocycles. The molecule has 1 fully saturated rings. The van der Waals surface area contributed by atoms with E-state index in [1.54, 1.807) is 6.33 Å². The van der Waals surface area contributed by atoms with E-state index in [0.29, 0.717) is 6.54 Å². The highest BCUT2D eigenvalue weighted by Gasteiger charge is 2.33. The molecule has 0 aliphatic carbocycles. The molecule has 2 aromatic rings. The van der Waals surface area contributed by atoms with E-state index in [2.05, 4.69) is 25.3 Å². The van der Waals surface area contributed by atoms with Gasteiger partial charge >= 0.3 is 6.18 Å². The molecule has 0 bridgehead atoms. The van der Waals surface area contributed by atoms with Gasteiger partial charge in [0.05, 0.1) is 12.6 Å². The summed E-state index contributed by atoms with van der Waals surface area (Å²) in [5.41, 5.74) is 0. The van der Waals surface area contributed by atoms with E-state index in [-0.39, 0.29) is 11.9 Å². The fourth-order valence-corrected chi connectivity index (χ4v) is 2.74. The van der Waals surface area contributed by atoms with E-state index in [1.807, 2.05) is 11.6 Å². The van der Waals surface area contributed by atoms with Crippen molar-refractivity contribution in [3.05, 3.63) is 23.9 Å². The molecule has 2 aromatic heterocycles. The third kappa shape index (κ3) is 3.87. The maximum Gasteiger partial charge on any atom is 0.397 e. The van der Waals surface area contributed by atoms with Crippen molar-refractivity contribution in [2.45, 2.75) is 44.4 Å². The Morgan fingerprint density at radius 2 is 2.09 bits per heavy atom. The van der Waals surface area contributed by atoms with Crippen molar-refractivity contribution in [1.29, 1.82) is 0 Å². The Labute approximate surface area is 130 Å². The van der Waals surface area contributed by atoms with Gasteiger partial charge in [0.25, 0.3) is 0 Å². The number of aromatic nitrogens is 5. The van der Waals surface area contributed by atoms with Crippen LogP contribution < -0.4 is 0 Å². The Hall–Kier alpha value is -1.97. The molecule has 3 heterocycles. The van der Waals surface area contributed by atoms with Gasteiger partial charge in [0.15, 0.2) is 0 Å². The van der Waals surface area contributed by atoms with Gasteiger partial charge in [0.1, 0.15) is 18.6 Å². The van der Waals surface area contributed by atoms with Crippen LogP contribution in [0, 0.1) is 0 Å². The second-order valence-electron chi connectivity index (χ2n) is 5.67. The summed E-state index contributed by atoms with van der Waals surface area (Å²) < 4.78 is 44.3. The summed E-state index contributed by atoms with van der Waals surface area (Å²) in [4.78, 5) is 2.10. The third-order valence-corrected chi connectivity index (χ3v) is 3.88. The molecule has 0 aromatic carbocycles. The van der Waals surface area contributed by atoms with Crippen LogP contribution >= 0.6 is 0 Å². The van der Waals surface area contributed by atoms with Gasteiger partial charge in [0, 0.05) is 7.05 Å². The lowest BCUT2D eigenvalue weighted by Crippen LogP contribution is -2.34. The molecular formula is C13H17F3N6O. The fourth-order valence-electron chi connectivity index (χ4n) is 2.74. The monoisotopic (exact) mass is 330 g/mol. The maximum absolute atomic E-state index is 12.4. The van der Waals surface area contributed by atoms with Crippen molar-refractivity contribution >= 4 is 0 Å². The molecule has 0 amide bonds. The quantitative estimate of drug-likeness (QED) is 0.854. The summed E-state index contributed by atoms with van der Waals surface area (Å²) in [6.07, 6.45) is -1.19. The summed E-state index contributed by atoms with van der Waals surface area (Å²) in [7, 11) is 1.85. The van der Waals surface area contributed by atoms with Crippen LogP contribution in [-0.4, -0.2) is 42.6 Å². The lowest BCUT2D eigenvalue weighted by atomic mass is 10.0. The predicted molar refractivity (Wildman–Crippen MR) is 72.1 cm³/mol. The minimum Gasteiger partial charge on any atom is -0.423 e. The number of halogens is 3. The molecule has 1 atom stereocenters. The van der Waals surface area contributed by atoms with Crippen molar-refractivity contribution in [2.75, 3.05) is 6.54 Å². The minimum atomic E-state index is -4.35. The average Bonchev–Trinajstić information content (AvgIpc) is 3.08. The van der Waals surface area contributed by atoms with E-state index in [4.69, 9.17) is 4.42 Å². The Balaban J connectivity index is 1.75. The largest absolute Gasteiger partial charge is 0.423 e. The van der Waals surface area contributed by atoms with Crippen LogP contribution in [0.5, 0.6) is 0 Å². The van der Waals surface area contributed by atoms with Crippen LogP contribution in [-0.2, 0) is 20.0 Å². The molecule has 1 aliphatic rings. The highest BCUT2D eigenvalue weighted by atomic mass is 19.4. The van der Waals surface area contributed by atoms with Crippen LogP contribution in [0.2, 0.25) is 0 Å². The van der Waals surface area contributed by atoms with Gasteiger partial charge in [-0.1, -0.05) is 6.42 Å². The molecule has 0 spiro atoms. The first-order valence-electron chi connectivity index (χ1n) is 7.38. The SMILES string of the molecule is Cn1cnnc1CN1CCCC[C@H]1c1nnc(CC(F)(F)F)o1. The Bertz CT molecular complexity index is 652. The van der Waals surface area contributed by atoms with Crippen molar-refractivity contribution in [1.82, 2.24) is 29.9 Å². The zero-order chi connectivity index (χ0) is 16.4. The lowest BCUT2D eigenvalue weighted by Gasteiger charge is -2.32. The first kappa shape index (κ1) is 15.9. The summed E-state index contributed by atoms with van der Waals surface area (Å²) >= 11 is 0. The Morgan fingerprint density at radius 3 is 2.78 bits per heavy atom. The fraction of sp³-hybridized carbons (Fsp3) is 0.692. The Morgan fingerprint density at radius 1 is 1.26 bits per heavy atom. The number of alkyl halides is 3. The average molecular weight is 330 g/mol. The van der Waals surface area contributed by atoms with E-state index in [1.165, 1.54) is 0 Å². The first-order chi connectivity index (χ1) is 10.9. The highest BCUT2D eigenvalue weighted by molar-refractivity contribution is 4.96. The van der Waals surface area contributed by atoms with Crippen molar-refractivity contribution in [3.63, 3.8) is 0 Å². The van der Waals surface area contributed by atoms with Crippen LogP contribution in [0.25, 0.3) is 0 Å². The van der Waals surface area contributed by atoms with Crippen LogP contribution in [0.15, 0.2) is 10.7 Å². The number of likely N-dealkylation sites (tertiary alicyclic amines) is 1. The summed E-state index contributed by atoms with van der Waals surface area (Å²) in [5.74, 6) is 0.634. The van der Waals surface area contributed by atoms with Crippen LogP contribution in [0.3, 0.4) is 0 Å². The molecule has 126 valence electrons. The number of nitrogens with zero attached hydrogens (tertiary/aromatic N) is 6. The maximum atomic E-state index is 12.4. The molecule has 10 heteroatoms. The molecule has 0 radical (unpaired) electrons. The molecule has 1 aliphatic heterocycles. The number of rotatable bonds is 4. The first-order valence-corrected chi connectivity index (χ1v) is 7.38. The van der Waals surface area contributed by atoms with Crippen molar-refractivity contribution in [2.24, 2.45) is 7.05 Å². The van der Waals surface area contributed by atoms with E-state index in [9.17, 15) is 13.2 Å². The Kier molecular flexibility index (Phi) is 4.33. The molecule has 0 unspecified atom stereocenters. The lowest BCUT2D eigenvalue weighted by molar-refractivity contribution is -0.131. The second-order valence-corrected chi connectivity index (χ2v) is 5.67. The van der Waals surface area contributed by atoms with E-state index < -0.39 is 18.5 Å². The topological polar surface area (TPSA) is 72.9 Å². The predicted octanol–water partition coefficient (Wildman–Crippen LogP) is 2.03. The zero-order valence-electron chi connectivity index (χ0n) is 12.6. The van der Waals surface area contributed by atoms with Gasteiger partial charge in [-0.05, 0) is 19.4 Å².